The van der Waals surface area contributed by atoms with Crippen LogP contribution in [0.15, 0.2) is 36.4 Å². The summed E-state index contributed by atoms with van der Waals surface area (Å²) < 4.78 is 18.1. The van der Waals surface area contributed by atoms with Crippen LogP contribution in [-0.2, 0) is 0 Å². The third-order valence-corrected chi connectivity index (χ3v) is 3.02. The molecule has 12 nitrogen and oxygen atoms in total. The van der Waals surface area contributed by atoms with Gasteiger partial charge in [-0.05, 0) is 12.1 Å². The van der Waals surface area contributed by atoms with Crippen LogP contribution in [0.25, 0.3) is 11.1 Å². The van der Waals surface area contributed by atoms with Crippen molar-refractivity contribution in [3.05, 3.63) is 36.4 Å². The van der Waals surface area contributed by atoms with E-state index < -0.39 is 47.6 Å². The Bertz CT molecular complexity index is 871. The summed E-state index contributed by atoms with van der Waals surface area (Å²) in [5, 5.41) is 35.4. The van der Waals surface area contributed by atoms with Gasteiger partial charge in [0, 0.05) is 11.1 Å². The Hall–Kier alpha value is -4.48. The van der Waals surface area contributed by atoms with Gasteiger partial charge < -0.3 is 39.4 Å². The average Bonchev–Trinajstić information content (AvgIpc) is 2.56. The molecular formula is C16H10O12. The summed E-state index contributed by atoms with van der Waals surface area (Å²) in [6.45, 7) is 0. The molecule has 0 saturated heterocycles. The highest BCUT2D eigenvalue weighted by Crippen LogP contribution is 2.45. The molecule has 0 unspecified atom stereocenters. The quantitative estimate of drug-likeness (QED) is 0.427. The second-order valence-corrected chi connectivity index (χ2v) is 4.74. The number of hydrogen-bond donors (Lipinski definition) is 4. The standard InChI is InChI=1S/C16H10O12/c17-13(18)25-9-5-1-3-7(11(9)27-15(21)22)8-4-2-6-10(26-14(19)20)12(8)28-16(23)24/h1-6H,(H,17,18)(H,19,20)(H,21,22)(H,23,24). The molecule has 4 N–H and O–H groups in total. The van der Waals surface area contributed by atoms with E-state index in [0.717, 1.165) is 12.1 Å². The van der Waals surface area contributed by atoms with E-state index in [2.05, 4.69) is 18.9 Å². The molecule has 2 aromatic carbocycles. The molecule has 0 saturated carbocycles. The summed E-state index contributed by atoms with van der Waals surface area (Å²) in [5.41, 5.74) is -0.346. The van der Waals surface area contributed by atoms with Gasteiger partial charge in [-0.2, -0.15) is 0 Å². The molecule has 0 aromatic heterocycles. The lowest BCUT2D eigenvalue weighted by atomic mass is 10.0. The number of para-hydroxylation sites is 2. The number of carboxylic acid groups (broad SMARTS) is 4. The second-order valence-electron chi connectivity index (χ2n) is 4.74. The molecule has 0 aliphatic heterocycles. The van der Waals surface area contributed by atoms with Gasteiger partial charge in [-0.15, -0.1) is 0 Å². The highest BCUT2D eigenvalue weighted by molar-refractivity contribution is 5.85. The predicted octanol–water partition coefficient (Wildman–Crippen LogP) is 3.58. The maximum Gasteiger partial charge on any atom is 0.511 e. The van der Waals surface area contributed by atoms with Gasteiger partial charge in [0.2, 0.25) is 0 Å². The molecule has 28 heavy (non-hydrogen) atoms. The van der Waals surface area contributed by atoms with E-state index in [9.17, 15) is 19.2 Å². The van der Waals surface area contributed by atoms with Crippen LogP contribution >= 0.6 is 0 Å². The Morgan fingerprint density at radius 2 is 0.857 bits per heavy atom. The van der Waals surface area contributed by atoms with Gasteiger partial charge in [-0.3, -0.25) is 0 Å². The van der Waals surface area contributed by atoms with E-state index in [1.54, 1.807) is 0 Å². The van der Waals surface area contributed by atoms with E-state index in [1.807, 2.05) is 0 Å². The Morgan fingerprint density at radius 3 is 1.14 bits per heavy atom. The first-order valence-electron chi connectivity index (χ1n) is 7.08. The lowest BCUT2D eigenvalue weighted by Gasteiger charge is -2.16. The Morgan fingerprint density at radius 1 is 0.536 bits per heavy atom. The molecule has 0 aliphatic rings. The highest BCUT2D eigenvalue weighted by Gasteiger charge is 2.24. The van der Waals surface area contributed by atoms with Crippen LogP contribution in [0.4, 0.5) is 19.2 Å². The first kappa shape index (κ1) is 19.8. The SMILES string of the molecule is O=C(O)Oc1cccc(-c2cccc(OC(=O)O)c2OC(=O)O)c1OC(=O)O. The minimum Gasteiger partial charge on any atom is -0.449 e. The van der Waals surface area contributed by atoms with Crippen LogP contribution < -0.4 is 18.9 Å². The van der Waals surface area contributed by atoms with E-state index in [-0.39, 0.29) is 11.1 Å². The summed E-state index contributed by atoms with van der Waals surface area (Å²) >= 11 is 0. The summed E-state index contributed by atoms with van der Waals surface area (Å²) in [4.78, 5) is 43.7. The Labute approximate surface area is 154 Å². The lowest BCUT2D eigenvalue weighted by Crippen LogP contribution is -2.11. The van der Waals surface area contributed by atoms with Crippen LogP contribution in [0.5, 0.6) is 23.0 Å². The fourth-order valence-electron chi connectivity index (χ4n) is 2.19. The minimum atomic E-state index is -1.82. The number of benzene rings is 2. The molecule has 0 amide bonds. The fourth-order valence-corrected chi connectivity index (χ4v) is 2.19. The summed E-state index contributed by atoms with van der Waals surface area (Å²) in [5.74, 6) is -2.23. The summed E-state index contributed by atoms with van der Waals surface area (Å²) in [6.07, 6.45) is -7.17. The summed E-state index contributed by atoms with van der Waals surface area (Å²) in [6, 6.07) is 7.18. The van der Waals surface area contributed by atoms with Crippen molar-refractivity contribution in [3.63, 3.8) is 0 Å². The highest BCUT2D eigenvalue weighted by atomic mass is 16.7. The van der Waals surface area contributed by atoms with Gasteiger partial charge in [0.25, 0.3) is 0 Å². The zero-order valence-corrected chi connectivity index (χ0v) is 13.5. The first-order chi connectivity index (χ1) is 13.2. The van der Waals surface area contributed by atoms with E-state index in [1.165, 1.54) is 24.3 Å². The fraction of sp³-hybridized carbons (Fsp3) is 0. The first-order valence-corrected chi connectivity index (χ1v) is 7.08. The van der Waals surface area contributed by atoms with Gasteiger partial charge in [0.05, 0.1) is 0 Å². The molecule has 2 aromatic rings. The molecule has 0 radical (unpaired) electrons. The number of hydrogen-bond acceptors (Lipinski definition) is 8. The van der Waals surface area contributed by atoms with Crippen LogP contribution in [0.2, 0.25) is 0 Å². The number of rotatable bonds is 5. The van der Waals surface area contributed by atoms with Crippen molar-refractivity contribution in [2.45, 2.75) is 0 Å². The van der Waals surface area contributed by atoms with Crippen LogP contribution in [0, 0.1) is 0 Å². The average molecular weight is 394 g/mol. The number of carbonyl (C=O) groups is 4. The van der Waals surface area contributed by atoms with Crippen molar-refractivity contribution in [2.24, 2.45) is 0 Å². The Kier molecular flexibility index (Phi) is 5.86. The molecular weight excluding hydrogens is 384 g/mol. The largest absolute Gasteiger partial charge is 0.511 e. The van der Waals surface area contributed by atoms with Gasteiger partial charge >= 0.3 is 24.6 Å². The van der Waals surface area contributed by atoms with Gasteiger partial charge in [-0.25, -0.2) is 19.2 Å². The Balaban J connectivity index is 2.75. The van der Waals surface area contributed by atoms with Crippen molar-refractivity contribution in [3.8, 4) is 34.1 Å². The monoisotopic (exact) mass is 394 g/mol. The van der Waals surface area contributed by atoms with Gasteiger partial charge in [-0.1, -0.05) is 24.3 Å². The minimum absolute atomic E-state index is 0.173. The lowest BCUT2D eigenvalue weighted by molar-refractivity contribution is 0.132. The maximum absolute atomic E-state index is 11.0. The van der Waals surface area contributed by atoms with Crippen LogP contribution in [0.1, 0.15) is 0 Å². The molecule has 0 atom stereocenters. The van der Waals surface area contributed by atoms with Crippen LogP contribution in [-0.4, -0.2) is 45.0 Å². The predicted molar refractivity (Wildman–Crippen MR) is 86.5 cm³/mol. The molecule has 0 heterocycles. The van der Waals surface area contributed by atoms with Crippen molar-refractivity contribution in [1.29, 1.82) is 0 Å². The van der Waals surface area contributed by atoms with Crippen molar-refractivity contribution >= 4 is 24.6 Å². The number of ether oxygens (including phenoxy) is 4. The smallest absolute Gasteiger partial charge is 0.449 e. The molecule has 0 bridgehead atoms. The van der Waals surface area contributed by atoms with E-state index in [0.29, 0.717) is 0 Å². The van der Waals surface area contributed by atoms with E-state index in [4.69, 9.17) is 20.4 Å². The van der Waals surface area contributed by atoms with Crippen molar-refractivity contribution < 1.29 is 58.6 Å². The van der Waals surface area contributed by atoms with Crippen molar-refractivity contribution in [1.82, 2.24) is 0 Å². The zero-order valence-electron chi connectivity index (χ0n) is 13.5. The molecule has 0 aliphatic carbocycles. The van der Waals surface area contributed by atoms with Crippen molar-refractivity contribution in [2.75, 3.05) is 0 Å². The molecule has 0 spiro atoms. The maximum atomic E-state index is 11.0. The van der Waals surface area contributed by atoms with Gasteiger partial charge in [0.1, 0.15) is 0 Å². The van der Waals surface area contributed by atoms with Crippen LogP contribution in [0.3, 0.4) is 0 Å². The normalized spacial score (nSPS) is 9.86. The molecule has 12 heteroatoms. The topological polar surface area (TPSA) is 186 Å². The third kappa shape index (κ3) is 4.78. The molecule has 0 fully saturated rings. The molecule has 146 valence electrons. The third-order valence-electron chi connectivity index (χ3n) is 3.02. The zero-order chi connectivity index (χ0) is 20.8. The second kappa shape index (κ2) is 8.27. The van der Waals surface area contributed by atoms with Gasteiger partial charge in [0.15, 0.2) is 23.0 Å². The molecule has 2 rings (SSSR count). The summed E-state index contributed by atoms with van der Waals surface area (Å²) in [7, 11) is 0. The van der Waals surface area contributed by atoms with E-state index >= 15 is 0 Å².